The minimum absolute atomic E-state index is 0.0742. The van der Waals surface area contributed by atoms with Gasteiger partial charge in [0.2, 0.25) is 17.7 Å². The Bertz CT molecular complexity index is 1180. The molecule has 7 nitrogen and oxygen atoms in total. The number of anilines is 1. The smallest absolute Gasteiger partial charge is 0.246 e. The summed E-state index contributed by atoms with van der Waals surface area (Å²) in [6.07, 6.45) is 11.4. The largest absolute Gasteiger partial charge is 0.359 e. The van der Waals surface area contributed by atoms with E-state index in [4.69, 9.17) is 27.9 Å². The molecule has 3 aliphatic heterocycles. The van der Waals surface area contributed by atoms with Gasteiger partial charge in [-0.05, 0) is 49.3 Å². The summed E-state index contributed by atoms with van der Waals surface area (Å²) < 4.78 is 6.53. The number of amides is 3. The van der Waals surface area contributed by atoms with Gasteiger partial charge in [-0.15, -0.1) is 0 Å². The molecule has 0 aromatic heterocycles. The van der Waals surface area contributed by atoms with Gasteiger partial charge in [0.15, 0.2) is 0 Å². The van der Waals surface area contributed by atoms with Crippen LogP contribution in [0.5, 0.6) is 0 Å². The van der Waals surface area contributed by atoms with Gasteiger partial charge >= 0.3 is 0 Å². The van der Waals surface area contributed by atoms with Crippen molar-refractivity contribution in [3.63, 3.8) is 0 Å². The lowest BCUT2D eigenvalue weighted by Crippen LogP contribution is -2.60. The lowest BCUT2D eigenvalue weighted by molar-refractivity contribution is -0.146. The highest BCUT2D eigenvalue weighted by atomic mass is 35.5. The van der Waals surface area contributed by atoms with Crippen molar-refractivity contribution in [2.45, 2.75) is 95.0 Å². The van der Waals surface area contributed by atoms with E-state index in [9.17, 15) is 14.4 Å². The Hall–Kier alpha value is -2.09. The summed E-state index contributed by atoms with van der Waals surface area (Å²) in [7, 11) is 0. The summed E-state index contributed by atoms with van der Waals surface area (Å²) in [6, 6.07) is 4.08. The highest BCUT2D eigenvalue weighted by Crippen LogP contribution is 2.57. The van der Waals surface area contributed by atoms with Gasteiger partial charge in [0.25, 0.3) is 0 Å². The lowest BCUT2D eigenvalue weighted by Gasteiger charge is -2.44. The highest BCUT2D eigenvalue weighted by Gasteiger charge is 2.73. The number of carbonyl (C=O) groups is 3. The Balaban J connectivity index is 1.34. The molecule has 39 heavy (non-hydrogen) atoms. The SMILES string of the molecule is C[C@H]1[C@H](C)CCC[C@@H]1N1C(=O)[C@@H]2[C@H](C(=O)Nc3cc(Cl)cc(Cl)c3)[C@@H]3C=C[C@@]2(O3)[C@H]1C(=O)NC1CCCCC1. The molecule has 1 aromatic carbocycles. The second-order valence-electron chi connectivity index (χ2n) is 12.3. The van der Waals surface area contributed by atoms with Crippen molar-refractivity contribution in [3.8, 4) is 0 Å². The van der Waals surface area contributed by atoms with Crippen LogP contribution in [0, 0.1) is 23.7 Å². The van der Waals surface area contributed by atoms with Crippen LogP contribution in [0.3, 0.4) is 0 Å². The summed E-state index contributed by atoms with van der Waals surface area (Å²) in [4.78, 5) is 44.1. The van der Waals surface area contributed by atoms with Gasteiger partial charge in [-0.2, -0.15) is 0 Å². The molecule has 2 bridgehead atoms. The van der Waals surface area contributed by atoms with E-state index < -0.39 is 29.6 Å². The summed E-state index contributed by atoms with van der Waals surface area (Å²) in [5.41, 5.74) is -0.698. The van der Waals surface area contributed by atoms with Crippen LogP contribution in [0.4, 0.5) is 5.69 Å². The number of nitrogens with zero attached hydrogens (tertiary/aromatic N) is 1. The van der Waals surface area contributed by atoms with E-state index in [0.717, 1.165) is 44.9 Å². The van der Waals surface area contributed by atoms with Crippen molar-refractivity contribution in [1.29, 1.82) is 0 Å². The molecule has 2 saturated carbocycles. The number of halogens is 2. The minimum Gasteiger partial charge on any atom is -0.359 e. The fourth-order valence-electron chi connectivity index (χ4n) is 7.89. The normalized spacial score (nSPS) is 37.7. The minimum atomic E-state index is -1.16. The van der Waals surface area contributed by atoms with Crippen molar-refractivity contribution in [1.82, 2.24) is 10.2 Å². The number of rotatable bonds is 5. The standard InChI is InChI=1S/C30H37Cl2N3O4/c1-16-7-6-10-22(17(16)2)35-26(28(37)33-20-8-4-3-5-9-20)30-12-11-23(39-30)24(25(30)29(35)38)27(36)34-21-14-18(31)13-19(32)15-21/h11-17,20,22-26H,3-10H2,1-2H3,(H,33,37)(H,34,36)/t16-,17+,22+,23+,24-,25+,26-,30+/m1/s1. The molecule has 2 N–H and O–H groups in total. The first-order valence-electron chi connectivity index (χ1n) is 14.5. The number of ether oxygens (including phenoxy) is 1. The summed E-state index contributed by atoms with van der Waals surface area (Å²) >= 11 is 12.3. The quantitative estimate of drug-likeness (QED) is 0.464. The van der Waals surface area contributed by atoms with Crippen molar-refractivity contribution in [2.75, 3.05) is 5.32 Å². The molecule has 1 spiro atoms. The van der Waals surface area contributed by atoms with Crippen LogP contribution in [0.15, 0.2) is 30.4 Å². The molecule has 0 unspecified atom stereocenters. The van der Waals surface area contributed by atoms with Crippen molar-refractivity contribution in [2.24, 2.45) is 23.7 Å². The summed E-state index contributed by atoms with van der Waals surface area (Å²) in [5.74, 6) is -1.49. The molecule has 0 radical (unpaired) electrons. The number of hydrogen-bond donors (Lipinski definition) is 2. The third-order valence-corrected chi connectivity index (χ3v) is 10.4. The maximum absolute atomic E-state index is 14.4. The number of hydrogen-bond acceptors (Lipinski definition) is 4. The average molecular weight is 575 g/mol. The van der Waals surface area contributed by atoms with Gasteiger partial charge < -0.3 is 20.3 Å². The van der Waals surface area contributed by atoms with Crippen LogP contribution in [-0.2, 0) is 19.1 Å². The Morgan fingerprint density at radius 3 is 2.41 bits per heavy atom. The van der Waals surface area contributed by atoms with Gasteiger partial charge in [-0.3, -0.25) is 14.4 Å². The van der Waals surface area contributed by atoms with Crippen molar-refractivity contribution >= 4 is 46.6 Å². The molecule has 2 aliphatic carbocycles. The molecule has 3 heterocycles. The van der Waals surface area contributed by atoms with Crippen LogP contribution < -0.4 is 10.6 Å². The second-order valence-corrected chi connectivity index (χ2v) is 13.1. The van der Waals surface area contributed by atoms with Crippen LogP contribution in [0.25, 0.3) is 0 Å². The molecule has 9 heteroatoms. The van der Waals surface area contributed by atoms with E-state index in [1.165, 1.54) is 6.42 Å². The molecule has 4 fully saturated rings. The van der Waals surface area contributed by atoms with Gasteiger partial charge in [-0.25, -0.2) is 0 Å². The molecule has 8 atom stereocenters. The van der Waals surface area contributed by atoms with Crippen molar-refractivity contribution in [3.05, 3.63) is 40.4 Å². The van der Waals surface area contributed by atoms with Gasteiger partial charge in [-0.1, -0.05) is 81.3 Å². The van der Waals surface area contributed by atoms with Crippen LogP contribution >= 0.6 is 23.2 Å². The Morgan fingerprint density at radius 1 is 0.974 bits per heavy atom. The molecule has 2 saturated heterocycles. The van der Waals surface area contributed by atoms with E-state index in [1.54, 1.807) is 18.2 Å². The molecule has 1 aromatic rings. The zero-order chi connectivity index (χ0) is 27.5. The highest BCUT2D eigenvalue weighted by molar-refractivity contribution is 6.35. The van der Waals surface area contributed by atoms with Gasteiger partial charge in [0.1, 0.15) is 11.6 Å². The predicted octanol–water partition coefficient (Wildman–Crippen LogP) is 5.36. The van der Waals surface area contributed by atoms with Crippen LogP contribution in [0.2, 0.25) is 10.0 Å². The maximum Gasteiger partial charge on any atom is 0.246 e. The number of likely N-dealkylation sites (tertiary alicyclic amines) is 1. The Morgan fingerprint density at radius 2 is 1.69 bits per heavy atom. The number of benzene rings is 1. The van der Waals surface area contributed by atoms with E-state index >= 15 is 0 Å². The first-order valence-corrected chi connectivity index (χ1v) is 15.2. The number of nitrogens with one attached hydrogen (secondary N) is 2. The fourth-order valence-corrected chi connectivity index (χ4v) is 8.42. The molecule has 3 amide bonds. The first-order chi connectivity index (χ1) is 18.7. The predicted molar refractivity (Wildman–Crippen MR) is 150 cm³/mol. The topological polar surface area (TPSA) is 87.7 Å². The second kappa shape index (κ2) is 10.4. The lowest BCUT2D eigenvalue weighted by atomic mass is 9.74. The Kier molecular flexibility index (Phi) is 7.22. The zero-order valence-corrected chi connectivity index (χ0v) is 24.0. The maximum atomic E-state index is 14.4. The third-order valence-electron chi connectivity index (χ3n) is 9.97. The van der Waals surface area contributed by atoms with E-state index in [2.05, 4.69) is 24.5 Å². The van der Waals surface area contributed by atoms with Crippen LogP contribution in [-0.4, -0.2) is 52.5 Å². The fraction of sp³-hybridized carbons (Fsp3) is 0.633. The molecule has 5 aliphatic rings. The monoisotopic (exact) mass is 573 g/mol. The molecular weight excluding hydrogens is 537 g/mol. The molecule has 6 rings (SSSR count). The Labute approximate surface area is 240 Å². The van der Waals surface area contributed by atoms with E-state index in [-0.39, 0.29) is 35.7 Å². The van der Waals surface area contributed by atoms with Crippen molar-refractivity contribution < 1.29 is 19.1 Å². The summed E-state index contributed by atoms with van der Waals surface area (Å²) in [6.45, 7) is 4.41. The first kappa shape index (κ1) is 27.1. The van der Waals surface area contributed by atoms with E-state index in [1.807, 2.05) is 17.1 Å². The van der Waals surface area contributed by atoms with Crippen LogP contribution in [0.1, 0.15) is 65.2 Å². The third kappa shape index (κ3) is 4.58. The zero-order valence-electron chi connectivity index (χ0n) is 22.5. The summed E-state index contributed by atoms with van der Waals surface area (Å²) in [5, 5.41) is 7.00. The number of fused-ring (bicyclic) bond motifs is 1. The molecule has 210 valence electrons. The molecular formula is C30H37Cl2N3O4. The van der Waals surface area contributed by atoms with Gasteiger partial charge in [0, 0.05) is 27.8 Å². The average Bonchev–Trinajstić information content (AvgIpc) is 3.53. The number of carbonyl (C=O) groups excluding carboxylic acids is 3. The van der Waals surface area contributed by atoms with Gasteiger partial charge in [0.05, 0.1) is 17.9 Å². The van der Waals surface area contributed by atoms with E-state index in [0.29, 0.717) is 21.7 Å².